The Bertz CT molecular complexity index is 1430. The molecule has 0 heterocycles. The van der Waals surface area contributed by atoms with Gasteiger partial charge in [-0.25, -0.2) is 13.1 Å². The fourth-order valence-corrected chi connectivity index (χ4v) is 4.28. The van der Waals surface area contributed by atoms with E-state index in [1.165, 1.54) is 18.2 Å². The molecule has 0 aliphatic carbocycles. The number of benzene rings is 3. The maximum absolute atomic E-state index is 12.9. The second-order valence-corrected chi connectivity index (χ2v) is 9.85. The molecule has 0 fully saturated rings. The molecule has 3 rings (SSSR count). The number of nitrogens with zero attached hydrogens (tertiary/aromatic N) is 1. The molecule has 3 aromatic carbocycles. The van der Waals surface area contributed by atoms with Crippen molar-refractivity contribution < 1.29 is 32.8 Å². The van der Waals surface area contributed by atoms with E-state index in [0.29, 0.717) is 15.9 Å². The number of carbonyl (C=O) groups excluding carboxylic acids is 1. The van der Waals surface area contributed by atoms with Gasteiger partial charge >= 0.3 is 5.97 Å². The predicted molar refractivity (Wildman–Crippen MR) is 134 cm³/mol. The Morgan fingerprint density at radius 2 is 1.78 bits per heavy atom. The molecular weight excluding hydrogens is 560 g/mol. The lowest BCUT2D eigenvalue weighted by molar-refractivity contribution is -0.384. The van der Waals surface area contributed by atoms with Crippen LogP contribution >= 0.6 is 15.9 Å². The molecule has 1 amide bonds. The van der Waals surface area contributed by atoms with Gasteiger partial charge in [-0.2, -0.15) is 0 Å². The minimum atomic E-state index is -4.53. The van der Waals surface area contributed by atoms with E-state index in [1.54, 1.807) is 24.3 Å². The third-order valence-electron chi connectivity index (χ3n) is 4.65. The number of amides is 1. The molecule has 12 nitrogen and oxygen atoms in total. The summed E-state index contributed by atoms with van der Waals surface area (Å²) in [5.41, 5.74) is 5.37. The smallest absolute Gasteiger partial charge is 0.305 e. The van der Waals surface area contributed by atoms with Crippen molar-refractivity contribution in [2.75, 3.05) is 17.6 Å². The lowest BCUT2D eigenvalue weighted by atomic mass is 10.2. The zero-order valence-electron chi connectivity index (χ0n) is 18.3. The Labute approximate surface area is 213 Å². The number of nitrogens with two attached hydrogens (primary N) is 1. The number of carboxylic acids is 1. The van der Waals surface area contributed by atoms with Crippen LogP contribution in [-0.2, 0) is 14.8 Å². The van der Waals surface area contributed by atoms with Gasteiger partial charge in [-0.1, -0.05) is 15.9 Å². The molecule has 14 heteroatoms. The van der Waals surface area contributed by atoms with Crippen LogP contribution in [0.5, 0.6) is 11.5 Å². The summed E-state index contributed by atoms with van der Waals surface area (Å²) in [6, 6.07) is 13.6. The van der Waals surface area contributed by atoms with E-state index in [9.17, 15) is 28.1 Å². The number of anilines is 2. The van der Waals surface area contributed by atoms with Gasteiger partial charge in [-0.15, -0.1) is 0 Å². The molecule has 3 aromatic rings. The number of nitrogens with one attached hydrogen (secondary N) is 2. The normalized spacial score (nSPS) is 10.9. The van der Waals surface area contributed by atoms with Crippen LogP contribution in [0.4, 0.5) is 17.1 Å². The topological polar surface area (TPSA) is 191 Å². The number of rotatable bonds is 10. The minimum Gasteiger partial charge on any atom is -0.481 e. The number of carbonyl (C=O) groups is 2. The molecule has 5 N–H and O–H groups in total. The standard InChI is InChI=1S/C22H19BrN4O8S/c23-13-1-7-17(20(11-13)35-15-4-2-14(24)3-5-15)22(30)26-36(33,34)16-6-8-18(19(12-16)27(31)32)25-10-9-21(28)29/h1-8,11-12,25H,9-10,24H2,(H,26,30)(H,28,29). The van der Waals surface area contributed by atoms with Crippen molar-refractivity contribution in [2.45, 2.75) is 11.3 Å². The Morgan fingerprint density at radius 3 is 2.42 bits per heavy atom. The molecule has 188 valence electrons. The number of nitrogen functional groups attached to an aromatic ring is 1. The molecule has 0 saturated heterocycles. The van der Waals surface area contributed by atoms with Gasteiger partial charge in [0.1, 0.15) is 17.2 Å². The summed E-state index contributed by atoms with van der Waals surface area (Å²) in [5.74, 6) is -1.74. The molecule has 0 radical (unpaired) electrons. The van der Waals surface area contributed by atoms with Crippen molar-refractivity contribution in [2.24, 2.45) is 0 Å². The van der Waals surface area contributed by atoms with E-state index in [4.69, 9.17) is 15.6 Å². The highest BCUT2D eigenvalue weighted by Crippen LogP contribution is 2.31. The van der Waals surface area contributed by atoms with Crippen LogP contribution in [-0.4, -0.2) is 36.9 Å². The van der Waals surface area contributed by atoms with Crippen molar-refractivity contribution in [3.8, 4) is 11.5 Å². The largest absolute Gasteiger partial charge is 0.481 e. The minimum absolute atomic E-state index is 0.0470. The lowest BCUT2D eigenvalue weighted by Crippen LogP contribution is -2.31. The number of nitro groups is 1. The van der Waals surface area contributed by atoms with E-state index >= 15 is 0 Å². The van der Waals surface area contributed by atoms with E-state index in [1.807, 2.05) is 4.72 Å². The fourth-order valence-electron chi connectivity index (χ4n) is 2.95. The van der Waals surface area contributed by atoms with Crippen molar-refractivity contribution in [1.29, 1.82) is 0 Å². The zero-order chi connectivity index (χ0) is 26.5. The zero-order valence-corrected chi connectivity index (χ0v) is 20.7. The average Bonchev–Trinajstić information content (AvgIpc) is 2.80. The van der Waals surface area contributed by atoms with Crippen LogP contribution in [0.25, 0.3) is 0 Å². The van der Waals surface area contributed by atoms with Gasteiger partial charge in [-0.3, -0.25) is 19.7 Å². The van der Waals surface area contributed by atoms with Crippen LogP contribution in [0.15, 0.2) is 70.0 Å². The Balaban J connectivity index is 1.86. The molecule has 0 saturated carbocycles. The van der Waals surface area contributed by atoms with Gasteiger partial charge in [-0.05, 0) is 54.6 Å². The van der Waals surface area contributed by atoms with Gasteiger partial charge in [0.25, 0.3) is 21.6 Å². The molecule has 0 bridgehead atoms. The van der Waals surface area contributed by atoms with Crippen molar-refractivity contribution in [1.82, 2.24) is 4.72 Å². The first-order valence-corrected chi connectivity index (χ1v) is 12.4. The Kier molecular flexibility index (Phi) is 8.11. The number of nitro benzene ring substituents is 1. The first kappa shape index (κ1) is 26.4. The summed E-state index contributed by atoms with van der Waals surface area (Å²) in [6.45, 7) is -0.112. The maximum Gasteiger partial charge on any atom is 0.305 e. The highest BCUT2D eigenvalue weighted by molar-refractivity contribution is 9.10. The third kappa shape index (κ3) is 6.70. The quantitative estimate of drug-likeness (QED) is 0.156. The summed E-state index contributed by atoms with van der Waals surface area (Å²) >= 11 is 3.27. The molecular formula is C22H19BrN4O8S. The average molecular weight is 579 g/mol. The molecule has 0 aromatic heterocycles. The second kappa shape index (κ2) is 11.0. The monoisotopic (exact) mass is 578 g/mol. The third-order valence-corrected chi connectivity index (χ3v) is 6.48. The predicted octanol–water partition coefficient (Wildman–Crippen LogP) is 3.74. The number of ether oxygens (including phenoxy) is 1. The summed E-state index contributed by atoms with van der Waals surface area (Å²) in [6.07, 6.45) is -0.304. The summed E-state index contributed by atoms with van der Waals surface area (Å²) in [7, 11) is -4.53. The first-order chi connectivity index (χ1) is 17.0. The van der Waals surface area contributed by atoms with Gasteiger partial charge < -0.3 is 20.9 Å². The lowest BCUT2D eigenvalue weighted by Gasteiger charge is -2.13. The van der Waals surface area contributed by atoms with Crippen molar-refractivity contribution >= 4 is 54.9 Å². The number of sulfonamides is 1. The van der Waals surface area contributed by atoms with Crippen LogP contribution in [0, 0.1) is 10.1 Å². The van der Waals surface area contributed by atoms with Crippen LogP contribution < -0.4 is 20.5 Å². The summed E-state index contributed by atoms with van der Waals surface area (Å²) in [4.78, 5) is 33.6. The molecule has 0 atom stereocenters. The van der Waals surface area contributed by atoms with Crippen LogP contribution in [0.2, 0.25) is 0 Å². The summed E-state index contributed by atoms with van der Waals surface area (Å²) < 4.78 is 33.9. The highest BCUT2D eigenvalue weighted by Gasteiger charge is 2.25. The summed E-state index contributed by atoms with van der Waals surface area (Å²) in [5, 5.41) is 22.7. The molecule has 0 aliphatic rings. The molecule has 0 aliphatic heterocycles. The number of aliphatic carboxylic acids is 1. The van der Waals surface area contributed by atoms with Crippen molar-refractivity contribution in [3.63, 3.8) is 0 Å². The molecule has 0 spiro atoms. The number of halogens is 1. The van der Waals surface area contributed by atoms with Gasteiger partial charge in [0, 0.05) is 22.8 Å². The number of hydrogen-bond donors (Lipinski definition) is 4. The molecule has 0 unspecified atom stereocenters. The van der Waals surface area contributed by atoms with E-state index in [0.717, 1.165) is 18.2 Å². The number of carboxylic acid groups (broad SMARTS) is 1. The molecule has 36 heavy (non-hydrogen) atoms. The van der Waals surface area contributed by atoms with Crippen LogP contribution in [0.1, 0.15) is 16.8 Å². The fraction of sp³-hybridized carbons (Fsp3) is 0.0909. The second-order valence-electron chi connectivity index (χ2n) is 7.25. The Morgan fingerprint density at radius 1 is 1.08 bits per heavy atom. The van der Waals surface area contributed by atoms with Crippen LogP contribution in [0.3, 0.4) is 0 Å². The van der Waals surface area contributed by atoms with Gasteiger partial charge in [0.05, 0.1) is 21.8 Å². The van der Waals surface area contributed by atoms with E-state index in [-0.39, 0.29) is 30.0 Å². The van der Waals surface area contributed by atoms with E-state index in [2.05, 4.69) is 21.2 Å². The maximum atomic E-state index is 12.9. The van der Waals surface area contributed by atoms with Gasteiger partial charge in [0.2, 0.25) is 0 Å². The SMILES string of the molecule is Nc1ccc(Oc2cc(Br)ccc2C(=O)NS(=O)(=O)c2ccc(NCCC(=O)O)c([N+](=O)[O-])c2)cc1. The Hall–Kier alpha value is -4.17. The van der Waals surface area contributed by atoms with E-state index < -0.39 is 37.4 Å². The number of hydrogen-bond acceptors (Lipinski definition) is 9. The first-order valence-electron chi connectivity index (χ1n) is 10.1. The van der Waals surface area contributed by atoms with Gasteiger partial charge in [0.15, 0.2) is 0 Å². The van der Waals surface area contributed by atoms with Crippen molar-refractivity contribution in [3.05, 3.63) is 80.8 Å². The highest BCUT2D eigenvalue weighted by atomic mass is 79.9.